The molecule has 8 heteroatoms. The predicted molar refractivity (Wildman–Crippen MR) is 88.6 cm³/mol. The molecular formula is C16H16FN3O3S. The van der Waals surface area contributed by atoms with Gasteiger partial charge in [-0.15, -0.1) is 0 Å². The van der Waals surface area contributed by atoms with Gasteiger partial charge in [-0.25, -0.2) is 22.3 Å². The number of benzene rings is 2. The summed E-state index contributed by atoms with van der Waals surface area (Å²) < 4.78 is 43.1. The second-order valence-corrected chi connectivity index (χ2v) is 7.27. The molecule has 0 atom stereocenters. The molecule has 1 N–H and O–H groups in total. The van der Waals surface area contributed by atoms with Crippen LogP contribution in [0.1, 0.15) is 5.56 Å². The van der Waals surface area contributed by atoms with Crippen LogP contribution in [0.25, 0.3) is 11.0 Å². The Morgan fingerprint density at radius 3 is 2.29 bits per heavy atom. The molecule has 0 saturated heterocycles. The first-order chi connectivity index (χ1) is 11.3. The van der Waals surface area contributed by atoms with Crippen LogP contribution >= 0.6 is 0 Å². The third-order valence-electron chi connectivity index (χ3n) is 3.93. The number of aryl methyl sites for hydroxylation is 2. The molecule has 0 saturated carbocycles. The maximum atomic E-state index is 12.9. The summed E-state index contributed by atoms with van der Waals surface area (Å²) in [4.78, 5) is 12.0. The van der Waals surface area contributed by atoms with Gasteiger partial charge >= 0.3 is 5.69 Å². The number of sulfonamides is 1. The molecule has 0 aliphatic rings. The van der Waals surface area contributed by atoms with Crippen molar-refractivity contribution in [3.05, 3.63) is 64.3 Å². The Kier molecular flexibility index (Phi) is 4.02. The van der Waals surface area contributed by atoms with Gasteiger partial charge in [0, 0.05) is 20.6 Å². The molecule has 0 spiro atoms. The van der Waals surface area contributed by atoms with Crippen molar-refractivity contribution < 1.29 is 12.8 Å². The second-order valence-electron chi connectivity index (χ2n) is 5.50. The summed E-state index contributed by atoms with van der Waals surface area (Å²) in [5.41, 5.74) is 1.61. The summed E-state index contributed by atoms with van der Waals surface area (Å²) in [6.45, 7) is 0.0500. The van der Waals surface area contributed by atoms with Crippen LogP contribution in [-0.4, -0.2) is 17.6 Å². The van der Waals surface area contributed by atoms with Gasteiger partial charge in [0.15, 0.2) is 0 Å². The number of halogens is 1. The molecule has 0 bridgehead atoms. The summed E-state index contributed by atoms with van der Waals surface area (Å²) in [7, 11) is -0.528. The summed E-state index contributed by atoms with van der Waals surface area (Å²) in [5.74, 6) is -0.378. The lowest BCUT2D eigenvalue weighted by Crippen LogP contribution is -2.23. The summed E-state index contributed by atoms with van der Waals surface area (Å²) >= 11 is 0. The van der Waals surface area contributed by atoms with E-state index in [0.29, 0.717) is 16.6 Å². The van der Waals surface area contributed by atoms with Crippen molar-refractivity contribution in [1.29, 1.82) is 0 Å². The molecule has 0 aliphatic heterocycles. The fraction of sp³-hybridized carbons (Fsp3) is 0.188. The van der Waals surface area contributed by atoms with Gasteiger partial charge in [0.1, 0.15) is 5.82 Å². The molecule has 126 valence electrons. The Labute approximate surface area is 138 Å². The highest BCUT2D eigenvalue weighted by Gasteiger charge is 2.17. The van der Waals surface area contributed by atoms with Crippen molar-refractivity contribution in [2.24, 2.45) is 14.1 Å². The van der Waals surface area contributed by atoms with Crippen LogP contribution in [0.5, 0.6) is 0 Å². The Morgan fingerprint density at radius 1 is 1.00 bits per heavy atom. The van der Waals surface area contributed by atoms with Crippen LogP contribution in [0.4, 0.5) is 4.39 Å². The molecule has 0 amide bonds. The van der Waals surface area contributed by atoms with Gasteiger partial charge in [-0.3, -0.25) is 9.13 Å². The molecule has 0 radical (unpaired) electrons. The Balaban J connectivity index is 1.92. The fourth-order valence-corrected chi connectivity index (χ4v) is 3.56. The van der Waals surface area contributed by atoms with E-state index in [1.165, 1.54) is 45.5 Å². The lowest BCUT2D eigenvalue weighted by Gasteiger charge is -2.07. The highest BCUT2D eigenvalue weighted by atomic mass is 32.2. The Morgan fingerprint density at radius 2 is 1.62 bits per heavy atom. The third-order valence-corrected chi connectivity index (χ3v) is 5.33. The van der Waals surface area contributed by atoms with E-state index in [0.717, 1.165) is 0 Å². The highest BCUT2D eigenvalue weighted by Crippen LogP contribution is 2.18. The van der Waals surface area contributed by atoms with Crippen LogP contribution in [0.3, 0.4) is 0 Å². The number of fused-ring (bicyclic) bond motifs is 1. The monoisotopic (exact) mass is 349 g/mol. The molecule has 0 fully saturated rings. The van der Waals surface area contributed by atoms with Crippen molar-refractivity contribution in [2.75, 3.05) is 0 Å². The molecular weight excluding hydrogens is 333 g/mol. The largest absolute Gasteiger partial charge is 0.328 e. The van der Waals surface area contributed by atoms with Gasteiger partial charge in [-0.1, -0.05) is 12.1 Å². The number of nitrogens with zero attached hydrogens (tertiary/aromatic N) is 2. The van der Waals surface area contributed by atoms with E-state index in [1.807, 2.05) is 0 Å². The van der Waals surface area contributed by atoms with Crippen LogP contribution in [-0.2, 0) is 30.7 Å². The first-order valence-corrected chi connectivity index (χ1v) is 8.67. The van der Waals surface area contributed by atoms with E-state index in [1.54, 1.807) is 20.2 Å². The van der Waals surface area contributed by atoms with Gasteiger partial charge in [0.2, 0.25) is 10.0 Å². The van der Waals surface area contributed by atoms with Gasteiger partial charge in [0.05, 0.1) is 15.9 Å². The van der Waals surface area contributed by atoms with Crippen molar-refractivity contribution >= 4 is 21.1 Å². The number of rotatable bonds is 4. The molecule has 1 heterocycles. The van der Waals surface area contributed by atoms with E-state index in [2.05, 4.69) is 4.72 Å². The quantitative estimate of drug-likeness (QED) is 0.776. The Bertz CT molecular complexity index is 1070. The molecule has 1 aromatic heterocycles. The fourth-order valence-electron chi connectivity index (χ4n) is 2.52. The lowest BCUT2D eigenvalue weighted by atomic mass is 10.2. The molecule has 0 aliphatic carbocycles. The van der Waals surface area contributed by atoms with Crippen LogP contribution in [0.2, 0.25) is 0 Å². The minimum absolute atomic E-state index is 0.0500. The maximum absolute atomic E-state index is 12.9. The first kappa shape index (κ1) is 16.4. The average Bonchev–Trinajstić information content (AvgIpc) is 2.79. The number of hydrogen-bond donors (Lipinski definition) is 1. The molecule has 3 aromatic rings. The predicted octanol–water partition coefficient (Wildman–Crippen LogP) is 1.49. The van der Waals surface area contributed by atoms with E-state index >= 15 is 0 Å². The molecule has 24 heavy (non-hydrogen) atoms. The van der Waals surface area contributed by atoms with Gasteiger partial charge in [0.25, 0.3) is 0 Å². The lowest BCUT2D eigenvalue weighted by molar-refractivity contribution is 0.581. The molecule has 6 nitrogen and oxygen atoms in total. The SMILES string of the molecule is Cn1c(=O)n(C)c2cc(S(=O)(=O)NCc3ccc(F)cc3)ccc21. The minimum atomic E-state index is -3.75. The van der Waals surface area contributed by atoms with Crippen LogP contribution in [0.15, 0.2) is 52.2 Å². The molecule has 3 rings (SSSR count). The van der Waals surface area contributed by atoms with E-state index in [9.17, 15) is 17.6 Å². The molecule has 2 aromatic carbocycles. The van der Waals surface area contributed by atoms with Crippen LogP contribution in [0, 0.1) is 5.82 Å². The van der Waals surface area contributed by atoms with Gasteiger partial charge < -0.3 is 0 Å². The van der Waals surface area contributed by atoms with E-state index < -0.39 is 10.0 Å². The van der Waals surface area contributed by atoms with Crippen molar-refractivity contribution in [3.63, 3.8) is 0 Å². The zero-order valence-electron chi connectivity index (χ0n) is 13.2. The Hall–Kier alpha value is -2.45. The summed E-state index contributed by atoms with van der Waals surface area (Å²) in [5, 5.41) is 0. The smallest absolute Gasteiger partial charge is 0.295 e. The van der Waals surface area contributed by atoms with Gasteiger partial charge in [-0.05, 0) is 35.9 Å². The zero-order chi connectivity index (χ0) is 17.5. The normalized spacial score (nSPS) is 12.0. The number of hydrogen-bond acceptors (Lipinski definition) is 3. The maximum Gasteiger partial charge on any atom is 0.328 e. The minimum Gasteiger partial charge on any atom is -0.295 e. The van der Waals surface area contributed by atoms with Gasteiger partial charge in [-0.2, -0.15) is 0 Å². The van der Waals surface area contributed by atoms with Crippen molar-refractivity contribution in [3.8, 4) is 0 Å². The summed E-state index contributed by atoms with van der Waals surface area (Å²) in [6.07, 6.45) is 0. The standard InChI is InChI=1S/C16H16FN3O3S/c1-19-14-8-7-13(9-15(14)20(2)16(19)21)24(22,23)18-10-11-3-5-12(17)6-4-11/h3-9,18H,10H2,1-2H3. The average molecular weight is 349 g/mol. The first-order valence-electron chi connectivity index (χ1n) is 7.19. The van der Waals surface area contributed by atoms with Crippen LogP contribution < -0.4 is 10.4 Å². The topological polar surface area (TPSA) is 73.1 Å². The number of imidazole rings is 1. The van der Waals surface area contributed by atoms with E-state index in [4.69, 9.17) is 0 Å². The van der Waals surface area contributed by atoms with Crippen molar-refractivity contribution in [2.45, 2.75) is 11.4 Å². The third kappa shape index (κ3) is 2.85. The second kappa shape index (κ2) is 5.88. The number of nitrogens with one attached hydrogen (secondary N) is 1. The number of aromatic nitrogens is 2. The summed E-state index contributed by atoms with van der Waals surface area (Å²) in [6, 6.07) is 10.1. The van der Waals surface area contributed by atoms with E-state index in [-0.39, 0.29) is 22.9 Å². The van der Waals surface area contributed by atoms with Crippen molar-refractivity contribution in [1.82, 2.24) is 13.9 Å². The molecule has 0 unspecified atom stereocenters. The highest BCUT2D eigenvalue weighted by molar-refractivity contribution is 7.89. The zero-order valence-corrected chi connectivity index (χ0v) is 14.0.